The fraction of sp³-hybridized carbons (Fsp3) is 0.950. The lowest BCUT2D eigenvalue weighted by Crippen LogP contribution is -2.30. The number of carbonyl (C=O) groups is 4. The molecule has 0 spiro atoms. The first-order chi connectivity index (χ1) is 47.9. The quantitative estimate of drug-likeness (QED) is 0.0222. The van der Waals surface area contributed by atoms with E-state index >= 15 is 0 Å². The minimum atomic E-state index is -4.96. The lowest BCUT2D eigenvalue weighted by atomic mass is 10.0. The Morgan fingerprint density at radius 3 is 0.687 bits per heavy atom. The van der Waals surface area contributed by atoms with Gasteiger partial charge in [0.1, 0.15) is 19.3 Å². The maximum absolute atomic E-state index is 13.1. The van der Waals surface area contributed by atoms with E-state index in [1.807, 2.05) is 0 Å². The Kier molecular flexibility index (Phi) is 70.3. The molecule has 2 unspecified atom stereocenters. The Morgan fingerprint density at radius 2 is 0.465 bits per heavy atom. The molecule has 0 aromatic rings. The van der Waals surface area contributed by atoms with Crippen LogP contribution in [-0.4, -0.2) is 96.7 Å². The number of aliphatic hydroxyl groups is 1. The van der Waals surface area contributed by atoms with Crippen LogP contribution in [0.4, 0.5) is 0 Å². The number of carbonyl (C=O) groups excluding carboxylic acids is 4. The summed E-state index contributed by atoms with van der Waals surface area (Å²) < 4.78 is 68.7. The molecule has 0 aromatic heterocycles. The molecule has 588 valence electrons. The van der Waals surface area contributed by atoms with Gasteiger partial charge in [-0.15, -0.1) is 0 Å². The second kappa shape index (κ2) is 71.7. The zero-order valence-electron chi connectivity index (χ0n) is 64.8. The zero-order valence-corrected chi connectivity index (χ0v) is 66.6. The van der Waals surface area contributed by atoms with Crippen molar-refractivity contribution in [2.24, 2.45) is 11.8 Å². The minimum Gasteiger partial charge on any atom is -0.462 e. The molecule has 0 heterocycles. The van der Waals surface area contributed by atoms with E-state index in [2.05, 4.69) is 41.5 Å². The first kappa shape index (κ1) is 97.1. The number of phosphoric ester groups is 2. The topological polar surface area (TPSA) is 237 Å². The standard InChI is InChI=1S/C80H156O17P2/c1-7-9-11-13-15-17-18-19-20-21-24-27-33-39-45-51-57-63-78(83)91-69-76(97-79(84)64-58-52-46-40-34-28-25-22-23-26-31-37-42-48-54-60-72(3)4)71-95-99(88,89)93-67-74(81)66-92-98(86,87)94-70-75(68-90-77(82)62-56-50-44-36-16-14-12-10-8-2)96-80(85)65-59-53-47-41-35-30-29-32-38-43-49-55-61-73(5)6/h72-76,81H,7-71H2,1-6H3,(H,86,87)(H,88,89)/t74-,75+,76+/m0/s1. The Hall–Kier alpha value is -1.94. The fourth-order valence-electron chi connectivity index (χ4n) is 12.4. The van der Waals surface area contributed by atoms with Crippen molar-refractivity contribution in [1.82, 2.24) is 0 Å². The van der Waals surface area contributed by atoms with Gasteiger partial charge in [0.25, 0.3) is 0 Å². The average molecular weight is 1450 g/mol. The van der Waals surface area contributed by atoms with E-state index in [1.54, 1.807) is 0 Å². The highest BCUT2D eigenvalue weighted by molar-refractivity contribution is 7.47. The molecule has 17 nitrogen and oxygen atoms in total. The maximum Gasteiger partial charge on any atom is 0.472 e. The highest BCUT2D eigenvalue weighted by Crippen LogP contribution is 2.45. The van der Waals surface area contributed by atoms with Crippen LogP contribution in [0.1, 0.15) is 420 Å². The third-order valence-electron chi connectivity index (χ3n) is 18.7. The lowest BCUT2D eigenvalue weighted by molar-refractivity contribution is -0.161. The number of rotatable bonds is 79. The molecule has 0 aliphatic rings. The number of esters is 4. The van der Waals surface area contributed by atoms with Crippen molar-refractivity contribution in [3.8, 4) is 0 Å². The SMILES string of the molecule is CCCCCCCCCCCCCCCCCCCC(=O)OC[C@H](COP(=O)(O)OC[C@@H](O)COP(=O)(O)OC[C@@H](COC(=O)CCCCCCCCCCC)OC(=O)CCCCCCCCCCCCCCC(C)C)OC(=O)CCCCCCCCCCCCCCCCCC(C)C. The molecule has 0 bridgehead atoms. The molecule has 99 heavy (non-hydrogen) atoms. The summed E-state index contributed by atoms with van der Waals surface area (Å²) >= 11 is 0. The Bertz CT molecular complexity index is 1910. The summed E-state index contributed by atoms with van der Waals surface area (Å²) in [6.45, 7) is 9.65. The lowest BCUT2D eigenvalue weighted by Gasteiger charge is -2.21. The molecule has 19 heteroatoms. The van der Waals surface area contributed by atoms with Gasteiger partial charge in [-0.25, -0.2) is 9.13 Å². The number of unbranched alkanes of at least 4 members (excludes halogenated alkanes) is 49. The van der Waals surface area contributed by atoms with Gasteiger partial charge in [-0.1, -0.05) is 369 Å². The predicted molar refractivity (Wildman–Crippen MR) is 405 cm³/mol. The van der Waals surface area contributed by atoms with E-state index in [-0.39, 0.29) is 25.7 Å². The zero-order chi connectivity index (χ0) is 72.8. The minimum absolute atomic E-state index is 0.107. The summed E-state index contributed by atoms with van der Waals surface area (Å²) in [5, 5.41) is 10.6. The van der Waals surface area contributed by atoms with Crippen LogP contribution in [0, 0.1) is 11.8 Å². The van der Waals surface area contributed by atoms with Crippen molar-refractivity contribution >= 4 is 39.5 Å². The normalized spacial score (nSPS) is 13.9. The van der Waals surface area contributed by atoms with Gasteiger partial charge in [-0.05, 0) is 37.5 Å². The summed E-state index contributed by atoms with van der Waals surface area (Å²) in [5.41, 5.74) is 0. The van der Waals surface area contributed by atoms with Gasteiger partial charge in [-0.3, -0.25) is 37.3 Å². The monoisotopic (exact) mass is 1450 g/mol. The van der Waals surface area contributed by atoms with Crippen molar-refractivity contribution in [2.45, 2.75) is 439 Å². The largest absolute Gasteiger partial charge is 0.472 e. The second-order valence-electron chi connectivity index (χ2n) is 29.8. The van der Waals surface area contributed by atoms with Gasteiger partial charge in [0.2, 0.25) is 0 Å². The number of hydrogen-bond donors (Lipinski definition) is 3. The number of ether oxygens (including phenoxy) is 4. The van der Waals surface area contributed by atoms with E-state index < -0.39 is 97.5 Å². The Morgan fingerprint density at radius 1 is 0.273 bits per heavy atom. The van der Waals surface area contributed by atoms with Crippen LogP contribution in [0.3, 0.4) is 0 Å². The molecular weight excluding hydrogens is 1290 g/mol. The van der Waals surface area contributed by atoms with Crippen LogP contribution >= 0.6 is 15.6 Å². The molecule has 0 rings (SSSR count). The molecule has 0 fully saturated rings. The summed E-state index contributed by atoms with van der Waals surface area (Å²) in [7, 11) is -9.92. The molecule has 0 saturated carbocycles. The van der Waals surface area contributed by atoms with Crippen LogP contribution in [0.25, 0.3) is 0 Å². The van der Waals surface area contributed by atoms with Gasteiger partial charge >= 0.3 is 39.5 Å². The van der Waals surface area contributed by atoms with Gasteiger partial charge in [0, 0.05) is 25.7 Å². The van der Waals surface area contributed by atoms with Crippen molar-refractivity contribution in [3.05, 3.63) is 0 Å². The van der Waals surface area contributed by atoms with Crippen molar-refractivity contribution < 1.29 is 80.2 Å². The van der Waals surface area contributed by atoms with E-state index in [0.717, 1.165) is 102 Å². The number of aliphatic hydroxyl groups excluding tert-OH is 1. The molecule has 0 aromatic carbocycles. The van der Waals surface area contributed by atoms with Gasteiger partial charge < -0.3 is 33.8 Å². The third-order valence-corrected chi connectivity index (χ3v) is 20.6. The van der Waals surface area contributed by atoms with Gasteiger partial charge in [0.15, 0.2) is 12.2 Å². The second-order valence-corrected chi connectivity index (χ2v) is 32.7. The molecule has 0 aliphatic carbocycles. The highest BCUT2D eigenvalue weighted by Gasteiger charge is 2.30. The van der Waals surface area contributed by atoms with Crippen molar-refractivity contribution in [2.75, 3.05) is 39.6 Å². The first-order valence-corrected chi connectivity index (χ1v) is 44.5. The molecule has 5 atom stereocenters. The molecular formula is C80H156O17P2. The predicted octanol–water partition coefficient (Wildman–Crippen LogP) is 23.9. The number of phosphoric acid groups is 2. The van der Waals surface area contributed by atoms with Crippen molar-refractivity contribution in [3.63, 3.8) is 0 Å². The van der Waals surface area contributed by atoms with Gasteiger partial charge in [-0.2, -0.15) is 0 Å². The Labute approximate surface area is 607 Å². The van der Waals surface area contributed by atoms with E-state index in [0.29, 0.717) is 25.7 Å². The van der Waals surface area contributed by atoms with Crippen LogP contribution < -0.4 is 0 Å². The molecule has 0 radical (unpaired) electrons. The molecule has 0 aliphatic heterocycles. The molecule has 0 amide bonds. The summed E-state index contributed by atoms with van der Waals surface area (Å²) in [4.78, 5) is 72.9. The fourth-order valence-corrected chi connectivity index (χ4v) is 13.9. The van der Waals surface area contributed by atoms with Crippen LogP contribution in [0.15, 0.2) is 0 Å². The summed E-state index contributed by atoms with van der Waals surface area (Å²) in [6.07, 6.45) is 61.0. The van der Waals surface area contributed by atoms with Crippen LogP contribution in [0.2, 0.25) is 0 Å². The molecule has 3 N–H and O–H groups in total. The number of hydrogen-bond acceptors (Lipinski definition) is 15. The van der Waals surface area contributed by atoms with E-state index in [9.17, 15) is 43.2 Å². The molecule has 0 saturated heterocycles. The summed E-state index contributed by atoms with van der Waals surface area (Å²) in [6, 6.07) is 0. The Balaban J connectivity index is 5.23. The van der Waals surface area contributed by atoms with Crippen LogP contribution in [0.5, 0.6) is 0 Å². The van der Waals surface area contributed by atoms with Gasteiger partial charge in [0.05, 0.1) is 26.4 Å². The summed E-state index contributed by atoms with van der Waals surface area (Å²) in [5.74, 6) is -0.530. The smallest absolute Gasteiger partial charge is 0.462 e. The third kappa shape index (κ3) is 74.1. The average Bonchev–Trinajstić information content (AvgIpc) is 2.02. The first-order valence-electron chi connectivity index (χ1n) is 41.5. The van der Waals surface area contributed by atoms with E-state index in [1.165, 1.54) is 238 Å². The maximum atomic E-state index is 13.1. The van der Waals surface area contributed by atoms with Crippen LogP contribution in [-0.2, 0) is 65.4 Å². The van der Waals surface area contributed by atoms with Crippen molar-refractivity contribution in [1.29, 1.82) is 0 Å². The highest BCUT2D eigenvalue weighted by atomic mass is 31.2. The van der Waals surface area contributed by atoms with E-state index in [4.69, 9.17) is 37.0 Å².